The summed E-state index contributed by atoms with van der Waals surface area (Å²) in [6.07, 6.45) is 0. The molecule has 0 aliphatic rings. The average Bonchev–Trinajstić information content (AvgIpc) is 3.31. The summed E-state index contributed by atoms with van der Waals surface area (Å²) in [5.41, 5.74) is 10.9. The molecule has 1 nitrogen and oxygen atoms in total. The molecule has 0 fully saturated rings. The van der Waals surface area contributed by atoms with Crippen LogP contribution in [-0.4, -0.2) is 4.57 Å². The third kappa shape index (κ3) is 4.04. The van der Waals surface area contributed by atoms with Crippen molar-refractivity contribution in [2.75, 3.05) is 0 Å². The van der Waals surface area contributed by atoms with Gasteiger partial charge < -0.3 is 4.57 Å². The number of hydrogen-bond acceptors (Lipinski definition) is 0. The summed E-state index contributed by atoms with van der Waals surface area (Å²) in [5, 5.41) is 2.52. The van der Waals surface area contributed by atoms with Gasteiger partial charge >= 0.3 is 0 Å². The van der Waals surface area contributed by atoms with E-state index in [1.807, 2.05) is 0 Å². The fraction of sp³-hybridized carbons (Fsp3) is 0. The van der Waals surface area contributed by atoms with Crippen LogP contribution < -0.4 is 0 Å². The van der Waals surface area contributed by atoms with Crippen LogP contribution in [0, 0.1) is 0 Å². The molecule has 6 aromatic carbocycles. The minimum atomic E-state index is 1.09. The van der Waals surface area contributed by atoms with E-state index in [-0.39, 0.29) is 0 Å². The summed E-state index contributed by atoms with van der Waals surface area (Å²) in [5.74, 6) is 0. The molecule has 0 bridgehead atoms. The number of benzene rings is 6. The summed E-state index contributed by atoms with van der Waals surface area (Å²) in [6, 6.07) is 52.2. The van der Waals surface area contributed by atoms with Gasteiger partial charge in [0, 0.05) is 20.9 Å². The summed E-state index contributed by atoms with van der Waals surface area (Å²) >= 11 is 3.62. The highest BCUT2D eigenvalue weighted by atomic mass is 79.9. The first-order valence-corrected chi connectivity index (χ1v) is 13.6. The van der Waals surface area contributed by atoms with Crippen LogP contribution in [0.25, 0.3) is 60.9 Å². The first-order chi connectivity index (χ1) is 18.7. The van der Waals surface area contributed by atoms with Crippen molar-refractivity contribution >= 4 is 37.7 Å². The van der Waals surface area contributed by atoms with Crippen LogP contribution in [0.3, 0.4) is 0 Å². The number of halogens is 1. The first kappa shape index (κ1) is 22.8. The molecule has 0 saturated carbocycles. The molecule has 0 aliphatic carbocycles. The molecule has 7 rings (SSSR count). The Labute approximate surface area is 230 Å². The van der Waals surface area contributed by atoms with Crippen molar-refractivity contribution in [3.63, 3.8) is 0 Å². The molecule has 1 heterocycles. The highest BCUT2D eigenvalue weighted by molar-refractivity contribution is 9.10. The molecule has 0 N–H and O–H groups in total. The van der Waals surface area contributed by atoms with E-state index in [4.69, 9.17) is 0 Å². The minimum Gasteiger partial charge on any atom is -0.309 e. The van der Waals surface area contributed by atoms with E-state index in [9.17, 15) is 0 Å². The summed E-state index contributed by atoms with van der Waals surface area (Å²) in [7, 11) is 0. The quantitative estimate of drug-likeness (QED) is 0.205. The summed E-state index contributed by atoms with van der Waals surface area (Å²) in [4.78, 5) is 0. The van der Waals surface area contributed by atoms with E-state index in [1.165, 1.54) is 55.2 Å². The predicted molar refractivity (Wildman–Crippen MR) is 165 cm³/mol. The molecule has 2 heteroatoms. The molecular formula is C36H24BrN. The molecule has 38 heavy (non-hydrogen) atoms. The lowest BCUT2D eigenvalue weighted by molar-refractivity contribution is 1.18. The van der Waals surface area contributed by atoms with E-state index in [2.05, 4.69) is 166 Å². The molecule has 0 atom stereocenters. The summed E-state index contributed by atoms with van der Waals surface area (Å²) in [6.45, 7) is 0. The van der Waals surface area contributed by atoms with Crippen molar-refractivity contribution < 1.29 is 0 Å². The molecule has 180 valence electrons. The van der Waals surface area contributed by atoms with Gasteiger partial charge in [0.1, 0.15) is 0 Å². The molecule has 0 saturated heterocycles. The highest BCUT2D eigenvalue weighted by Crippen LogP contribution is 2.36. The zero-order valence-electron chi connectivity index (χ0n) is 20.7. The van der Waals surface area contributed by atoms with Crippen LogP contribution in [0.2, 0.25) is 0 Å². The van der Waals surface area contributed by atoms with E-state index >= 15 is 0 Å². The second-order valence-electron chi connectivity index (χ2n) is 9.59. The maximum atomic E-state index is 3.62. The Morgan fingerprint density at radius 3 is 1.68 bits per heavy atom. The van der Waals surface area contributed by atoms with Gasteiger partial charge in [-0.05, 0) is 81.9 Å². The molecule has 0 radical (unpaired) electrons. The third-order valence-electron chi connectivity index (χ3n) is 7.26. The number of aromatic nitrogens is 1. The van der Waals surface area contributed by atoms with Crippen LogP contribution in [0.15, 0.2) is 150 Å². The van der Waals surface area contributed by atoms with Crippen molar-refractivity contribution in [2.24, 2.45) is 0 Å². The largest absolute Gasteiger partial charge is 0.309 e. The van der Waals surface area contributed by atoms with E-state index in [0.717, 1.165) is 10.2 Å². The zero-order valence-corrected chi connectivity index (χ0v) is 22.3. The summed E-state index contributed by atoms with van der Waals surface area (Å²) < 4.78 is 3.46. The maximum Gasteiger partial charge on any atom is 0.0541 e. The highest BCUT2D eigenvalue weighted by Gasteiger charge is 2.13. The van der Waals surface area contributed by atoms with Crippen molar-refractivity contribution in [3.05, 3.63) is 150 Å². The van der Waals surface area contributed by atoms with Gasteiger partial charge in [-0.3, -0.25) is 0 Å². The Kier molecular flexibility index (Phi) is 5.68. The number of nitrogens with zero attached hydrogens (tertiary/aromatic N) is 1. The average molecular weight is 550 g/mol. The molecule has 0 aliphatic heterocycles. The first-order valence-electron chi connectivity index (χ1n) is 12.8. The fourth-order valence-corrected chi connectivity index (χ4v) is 5.81. The normalized spacial score (nSPS) is 11.3. The number of hydrogen-bond donors (Lipinski definition) is 0. The number of rotatable bonds is 4. The van der Waals surface area contributed by atoms with Gasteiger partial charge in [-0.1, -0.05) is 113 Å². The van der Waals surface area contributed by atoms with E-state index < -0.39 is 0 Å². The van der Waals surface area contributed by atoms with Gasteiger partial charge in [0.25, 0.3) is 0 Å². The number of fused-ring (bicyclic) bond motifs is 3. The van der Waals surface area contributed by atoms with Gasteiger partial charge in [-0.2, -0.15) is 0 Å². The van der Waals surface area contributed by atoms with Gasteiger partial charge in [-0.15, -0.1) is 0 Å². The maximum absolute atomic E-state index is 3.62. The van der Waals surface area contributed by atoms with Gasteiger partial charge in [0.05, 0.1) is 11.0 Å². The smallest absolute Gasteiger partial charge is 0.0541 e. The van der Waals surface area contributed by atoms with E-state index in [0.29, 0.717) is 0 Å². The van der Waals surface area contributed by atoms with Crippen LogP contribution >= 0.6 is 15.9 Å². The predicted octanol–water partition coefficient (Wildman–Crippen LogP) is 10.5. The Hall–Kier alpha value is -4.40. The molecule has 0 unspecified atom stereocenters. The molecule has 7 aromatic rings. The van der Waals surface area contributed by atoms with E-state index in [1.54, 1.807) is 0 Å². The lowest BCUT2D eigenvalue weighted by atomic mass is 9.99. The van der Waals surface area contributed by atoms with Gasteiger partial charge in [0.15, 0.2) is 0 Å². The van der Waals surface area contributed by atoms with Crippen molar-refractivity contribution in [1.82, 2.24) is 4.57 Å². The minimum absolute atomic E-state index is 1.09. The zero-order chi connectivity index (χ0) is 25.5. The topological polar surface area (TPSA) is 4.93 Å². The number of para-hydroxylation sites is 1. The van der Waals surface area contributed by atoms with Gasteiger partial charge in [-0.25, -0.2) is 0 Å². The van der Waals surface area contributed by atoms with Crippen molar-refractivity contribution in [3.8, 4) is 39.1 Å². The Balaban J connectivity index is 1.32. The standard InChI is InChI=1S/C36H24BrN/c37-31-13-7-12-29(23-31)30-18-21-36-34(24-30)33-14-4-5-15-35(33)38(36)32-19-16-26(17-20-32)28-11-6-10-27(22-28)25-8-2-1-3-9-25/h1-24H. The van der Waals surface area contributed by atoms with Crippen LogP contribution in [0.1, 0.15) is 0 Å². The second kappa shape index (κ2) is 9.48. The molecule has 1 aromatic heterocycles. The van der Waals surface area contributed by atoms with Crippen molar-refractivity contribution in [1.29, 1.82) is 0 Å². The van der Waals surface area contributed by atoms with Gasteiger partial charge in [0.2, 0.25) is 0 Å². The Morgan fingerprint density at radius 1 is 0.368 bits per heavy atom. The monoisotopic (exact) mass is 549 g/mol. The third-order valence-corrected chi connectivity index (χ3v) is 7.75. The Bertz CT molecular complexity index is 1910. The van der Waals surface area contributed by atoms with Crippen LogP contribution in [0.5, 0.6) is 0 Å². The van der Waals surface area contributed by atoms with Crippen molar-refractivity contribution in [2.45, 2.75) is 0 Å². The lowest BCUT2D eigenvalue weighted by Crippen LogP contribution is -1.93. The lowest BCUT2D eigenvalue weighted by Gasteiger charge is -2.11. The molecule has 0 spiro atoms. The van der Waals surface area contributed by atoms with Crippen LogP contribution in [-0.2, 0) is 0 Å². The second-order valence-corrected chi connectivity index (χ2v) is 10.5. The molecular weight excluding hydrogens is 526 g/mol. The van der Waals surface area contributed by atoms with Crippen LogP contribution in [0.4, 0.5) is 0 Å². The SMILES string of the molecule is Brc1cccc(-c2ccc3c(c2)c2ccccc2n3-c2ccc(-c3cccc(-c4ccccc4)c3)cc2)c1. The molecule has 0 amide bonds. The fourth-order valence-electron chi connectivity index (χ4n) is 5.41. The Morgan fingerprint density at radius 2 is 0.921 bits per heavy atom.